The van der Waals surface area contributed by atoms with Crippen LogP contribution in [0.25, 0.3) is 102 Å². The fourth-order valence-electron chi connectivity index (χ4n) is 11.0. The van der Waals surface area contributed by atoms with Crippen LogP contribution < -0.4 is 0 Å². The van der Waals surface area contributed by atoms with Gasteiger partial charge in [0.1, 0.15) is 0 Å². The van der Waals surface area contributed by atoms with Gasteiger partial charge in [-0.05, 0) is 86.8 Å². The summed E-state index contributed by atoms with van der Waals surface area (Å²) in [6.45, 7) is 6.60. The minimum absolute atomic E-state index is 0.525. The Kier molecular flexibility index (Phi) is 7.82. The Morgan fingerprint density at radius 2 is 0.953 bits per heavy atom. The smallest absolute Gasteiger partial charge is 0.240 e. The van der Waals surface area contributed by atoms with Crippen molar-refractivity contribution in [2.45, 2.75) is 12.3 Å². The van der Waals surface area contributed by atoms with Crippen LogP contribution in [0.4, 0.5) is 0 Å². The number of fused-ring (bicyclic) bond motifs is 15. The molecule has 0 atom stereocenters. The van der Waals surface area contributed by atoms with Crippen molar-refractivity contribution >= 4 is 44.9 Å². The second-order valence-corrected chi connectivity index (χ2v) is 16.7. The Balaban J connectivity index is 1.14. The standard InChI is InChI=1S/C59H39N5/c1-3-18-50-40(4-2)54-53(36-35-46-43-23-10-15-28-49(43)59(55(46)54)47-26-13-8-21-41(47)42-22-9-14-27-48(42)59)64(50)58-61-56(39-33-31-38(32-34-39)37-19-6-5-7-20-37)60-57(62-58)63-51-29-16-11-24-44(51)45-25-12-17-30-52(45)63/h3-36H,2H2,1H3/b18-3-. The minimum Gasteiger partial charge on any atom is -0.278 e. The Morgan fingerprint density at radius 3 is 1.55 bits per heavy atom. The third kappa shape index (κ3) is 4.86. The summed E-state index contributed by atoms with van der Waals surface area (Å²) in [4.78, 5) is 16.3. The molecule has 0 saturated carbocycles. The Morgan fingerprint density at radius 1 is 0.453 bits per heavy atom. The average Bonchev–Trinajstić information content (AvgIpc) is 4.06. The topological polar surface area (TPSA) is 48.5 Å². The number of hydrogen-bond donors (Lipinski definition) is 0. The highest BCUT2D eigenvalue weighted by atomic mass is 15.3. The second-order valence-electron chi connectivity index (χ2n) is 16.7. The fraction of sp³-hybridized carbons (Fsp3) is 0.0339. The SMILES string of the molecule is C=Cc1c(/C=C\C)n(-c2nc(-c3ccc(-c4ccccc4)cc3)nc(-n3c4ccccc4c4ccccc43)n2)c2ccc3c(c12)C1(c2ccccc2-c2ccccc21)c1ccccc1-3. The lowest BCUT2D eigenvalue weighted by molar-refractivity contribution is 0.801. The number of nitrogens with zero attached hydrogens (tertiary/aromatic N) is 5. The molecular formula is C59H39N5. The fourth-order valence-corrected chi connectivity index (χ4v) is 11.0. The van der Waals surface area contributed by atoms with Crippen LogP contribution in [0.5, 0.6) is 0 Å². The predicted molar refractivity (Wildman–Crippen MR) is 263 cm³/mol. The number of aromatic nitrogens is 5. The summed E-state index contributed by atoms with van der Waals surface area (Å²) in [5, 5.41) is 3.42. The van der Waals surface area contributed by atoms with Gasteiger partial charge in [-0.2, -0.15) is 15.0 Å². The van der Waals surface area contributed by atoms with Crippen molar-refractivity contribution in [1.82, 2.24) is 24.1 Å². The molecule has 0 N–H and O–H groups in total. The van der Waals surface area contributed by atoms with E-state index in [1.807, 2.05) is 12.1 Å². The van der Waals surface area contributed by atoms with Crippen molar-refractivity contribution in [1.29, 1.82) is 0 Å². The molecule has 0 bridgehead atoms. The zero-order chi connectivity index (χ0) is 42.5. The van der Waals surface area contributed by atoms with Gasteiger partial charge in [0.25, 0.3) is 0 Å². The van der Waals surface area contributed by atoms with Gasteiger partial charge in [-0.15, -0.1) is 0 Å². The lowest BCUT2D eigenvalue weighted by Gasteiger charge is -2.31. The number of benzene rings is 8. The molecule has 3 aromatic heterocycles. The van der Waals surface area contributed by atoms with E-state index in [0.717, 1.165) is 60.7 Å². The highest BCUT2D eigenvalue weighted by molar-refractivity contribution is 6.10. The third-order valence-corrected chi connectivity index (χ3v) is 13.5. The Bertz CT molecular complexity index is 3640. The summed E-state index contributed by atoms with van der Waals surface area (Å²) in [6, 6.07) is 67.5. The van der Waals surface area contributed by atoms with Crippen LogP contribution in [-0.4, -0.2) is 24.1 Å². The van der Waals surface area contributed by atoms with E-state index < -0.39 is 5.41 Å². The number of allylic oxidation sites excluding steroid dienone is 1. The van der Waals surface area contributed by atoms with E-state index in [1.165, 1.54) is 44.5 Å². The number of rotatable bonds is 6. The van der Waals surface area contributed by atoms with E-state index in [0.29, 0.717) is 17.7 Å². The second kappa shape index (κ2) is 13.8. The van der Waals surface area contributed by atoms with Gasteiger partial charge in [-0.25, -0.2) is 0 Å². The van der Waals surface area contributed by atoms with E-state index in [1.54, 1.807) is 0 Å². The van der Waals surface area contributed by atoms with Crippen LogP contribution in [-0.2, 0) is 5.41 Å². The van der Waals surface area contributed by atoms with Gasteiger partial charge in [-0.1, -0.05) is 189 Å². The molecule has 8 aromatic carbocycles. The maximum absolute atomic E-state index is 5.51. The van der Waals surface area contributed by atoms with Gasteiger partial charge in [0.15, 0.2) is 5.82 Å². The maximum Gasteiger partial charge on any atom is 0.240 e. The molecular weight excluding hydrogens is 779 g/mol. The van der Waals surface area contributed by atoms with Crippen LogP contribution in [0.15, 0.2) is 201 Å². The molecule has 300 valence electrons. The van der Waals surface area contributed by atoms with Crippen molar-refractivity contribution in [3.05, 3.63) is 234 Å². The zero-order valence-electron chi connectivity index (χ0n) is 35.1. The van der Waals surface area contributed by atoms with Gasteiger partial charge >= 0.3 is 0 Å². The zero-order valence-corrected chi connectivity index (χ0v) is 35.1. The lowest BCUT2D eigenvalue weighted by Crippen LogP contribution is -2.26. The van der Waals surface area contributed by atoms with E-state index >= 15 is 0 Å². The summed E-state index contributed by atoms with van der Waals surface area (Å²) >= 11 is 0. The summed E-state index contributed by atoms with van der Waals surface area (Å²) < 4.78 is 4.42. The van der Waals surface area contributed by atoms with E-state index in [4.69, 9.17) is 15.0 Å². The highest BCUT2D eigenvalue weighted by Gasteiger charge is 2.53. The molecule has 64 heavy (non-hydrogen) atoms. The normalized spacial score (nSPS) is 13.2. The van der Waals surface area contributed by atoms with Crippen LogP contribution in [0.2, 0.25) is 0 Å². The molecule has 0 amide bonds. The lowest BCUT2D eigenvalue weighted by atomic mass is 9.69. The third-order valence-electron chi connectivity index (χ3n) is 13.5. The van der Waals surface area contributed by atoms with Gasteiger partial charge in [0, 0.05) is 27.3 Å². The molecule has 0 fully saturated rings. The Labute approximate surface area is 370 Å². The maximum atomic E-state index is 5.51. The number of hydrogen-bond acceptors (Lipinski definition) is 3. The van der Waals surface area contributed by atoms with Crippen molar-refractivity contribution < 1.29 is 0 Å². The van der Waals surface area contributed by atoms with Gasteiger partial charge < -0.3 is 0 Å². The minimum atomic E-state index is -0.561. The highest BCUT2D eigenvalue weighted by Crippen LogP contribution is 2.64. The molecule has 1 spiro atoms. The van der Waals surface area contributed by atoms with Crippen molar-refractivity contribution in [3.63, 3.8) is 0 Å². The number of para-hydroxylation sites is 2. The quantitative estimate of drug-likeness (QED) is 0.168. The van der Waals surface area contributed by atoms with E-state index in [9.17, 15) is 0 Å². The first kappa shape index (κ1) is 36.3. The van der Waals surface area contributed by atoms with Crippen molar-refractivity contribution in [2.24, 2.45) is 0 Å². The van der Waals surface area contributed by atoms with Crippen LogP contribution in [0.1, 0.15) is 40.4 Å². The molecule has 2 aliphatic carbocycles. The molecule has 11 aromatic rings. The van der Waals surface area contributed by atoms with Gasteiger partial charge in [0.2, 0.25) is 11.9 Å². The predicted octanol–water partition coefficient (Wildman–Crippen LogP) is 14.3. The summed E-state index contributed by atoms with van der Waals surface area (Å²) in [5.74, 6) is 1.65. The monoisotopic (exact) mass is 817 g/mol. The molecule has 0 unspecified atom stereocenters. The molecule has 0 saturated heterocycles. The largest absolute Gasteiger partial charge is 0.278 e. The molecule has 5 heteroatoms. The molecule has 13 rings (SSSR count). The molecule has 0 radical (unpaired) electrons. The summed E-state index contributed by atoms with van der Waals surface area (Å²) in [5.41, 5.74) is 17.8. The summed E-state index contributed by atoms with van der Waals surface area (Å²) in [7, 11) is 0. The van der Waals surface area contributed by atoms with E-state index in [2.05, 4.69) is 217 Å². The van der Waals surface area contributed by atoms with Crippen LogP contribution in [0, 0.1) is 0 Å². The first-order valence-corrected chi connectivity index (χ1v) is 21.9. The first-order valence-electron chi connectivity index (χ1n) is 21.9. The van der Waals surface area contributed by atoms with Crippen molar-refractivity contribution in [2.75, 3.05) is 0 Å². The summed E-state index contributed by atoms with van der Waals surface area (Å²) in [6.07, 6.45) is 6.30. The molecule has 5 nitrogen and oxygen atoms in total. The Hall–Kier alpha value is -8.41. The van der Waals surface area contributed by atoms with Gasteiger partial charge in [-0.3, -0.25) is 9.13 Å². The van der Waals surface area contributed by atoms with Gasteiger partial charge in [0.05, 0.1) is 27.7 Å². The van der Waals surface area contributed by atoms with Crippen molar-refractivity contribution in [3.8, 4) is 56.7 Å². The molecule has 2 aliphatic rings. The average molecular weight is 818 g/mol. The first-order chi connectivity index (χ1) is 31.7. The van der Waals surface area contributed by atoms with Crippen LogP contribution in [0.3, 0.4) is 0 Å². The van der Waals surface area contributed by atoms with Crippen LogP contribution >= 0.6 is 0 Å². The molecule has 3 heterocycles. The molecule has 0 aliphatic heterocycles. The van der Waals surface area contributed by atoms with E-state index in [-0.39, 0.29) is 0 Å².